The van der Waals surface area contributed by atoms with E-state index in [1.165, 1.54) is 5.56 Å². The molecule has 1 N–H and O–H groups in total. The van der Waals surface area contributed by atoms with Crippen LogP contribution < -0.4 is 5.32 Å². The Hall–Kier alpha value is -1.41. The van der Waals surface area contributed by atoms with Crippen LogP contribution in [0.15, 0.2) is 24.3 Å². The summed E-state index contributed by atoms with van der Waals surface area (Å²) in [5, 5.41) is 12.3. The second-order valence-electron chi connectivity index (χ2n) is 4.80. The number of benzene rings is 1. The van der Waals surface area contributed by atoms with Crippen molar-refractivity contribution < 1.29 is 4.74 Å². The molecule has 0 unspecified atom stereocenters. The number of rotatable bonds is 6. The van der Waals surface area contributed by atoms with Crippen LogP contribution in [0.5, 0.6) is 0 Å². The number of hydrogen-bond acceptors (Lipinski definition) is 4. The Bertz CT molecular complexity index is 422. The van der Waals surface area contributed by atoms with Gasteiger partial charge in [0.1, 0.15) is 0 Å². The second kappa shape index (κ2) is 7.90. The number of nitrogens with zero attached hydrogens (tertiary/aromatic N) is 2. The van der Waals surface area contributed by atoms with Gasteiger partial charge in [-0.15, -0.1) is 0 Å². The molecule has 1 saturated heterocycles. The summed E-state index contributed by atoms with van der Waals surface area (Å²) in [4.78, 5) is 2.45. The molecule has 0 spiro atoms. The van der Waals surface area contributed by atoms with Crippen molar-refractivity contribution in [2.24, 2.45) is 0 Å². The first-order valence-electron chi connectivity index (χ1n) is 6.88. The molecule has 1 aliphatic rings. The minimum atomic E-state index is 0.729. The molecular formula is C15H21N3O. The standard InChI is InChI=1S/C15H21N3O/c16-12-14-3-1-4-15(11-14)13-17-5-2-6-18-7-9-19-10-8-18/h1,3-4,11,17H,2,5-10,13H2. The first-order valence-corrected chi connectivity index (χ1v) is 6.88. The van der Waals surface area contributed by atoms with Crippen LogP contribution >= 0.6 is 0 Å². The van der Waals surface area contributed by atoms with Crippen LogP contribution in [0, 0.1) is 11.3 Å². The van der Waals surface area contributed by atoms with Gasteiger partial charge in [-0.3, -0.25) is 4.90 Å². The van der Waals surface area contributed by atoms with Gasteiger partial charge in [-0.2, -0.15) is 5.26 Å². The van der Waals surface area contributed by atoms with Crippen molar-refractivity contribution in [3.63, 3.8) is 0 Å². The summed E-state index contributed by atoms with van der Waals surface area (Å²) in [6.07, 6.45) is 1.15. The van der Waals surface area contributed by atoms with E-state index in [0.717, 1.165) is 57.9 Å². The first kappa shape index (κ1) is 14.0. The Morgan fingerprint density at radius 1 is 1.32 bits per heavy atom. The topological polar surface area (TPSA) is 48.3 Å². The van der Waals surface area contributed by atoms with Gasteiger partial charge in [0.05, 0.1) is 24.8 Å². The fourth-order valence-corrected chi connectivity index (χ4v) is 2.24. The van der Waals surface area contributed by atoms with E-state index < -0.39 is 0 Å². The summed E-state index contributed by atoms with van der Waals surface area (Å²) in [5.74, 6) is 0. The molecule has 0 saturated carbocycles. The van der Waals surface area contributed by atoms with Gasteiger partial charge >= 0.3 is 0 Å². The lowest BCUT2D eigenvalue weighted by atomic mass is 10.1. The zero-order valence-corrected chi connectivity index (χ0v) is 11.3. The third kappa shape index (κ3) is 4.99. The maximum Gasteiger partial charge on any atom is 0.0991 e. The van der Waals surface area contributed by atoms with Crippen molar-refractivity contribution in [2.75, 3.05) is 39.4 Å². The normalized spacial score (nSPS) is 16.2. The fourth-order valence-electron chi connectivity index (χ4n) is 2.24. The van der Waals surface area contributed by atoms with E-state index in [9.17, 15) is 0 Å². The zero-order chi connectivity index (χ0) is 13.3. The van der Waals surface area contributed by atoms with E-state index in [-0.39, 0.29) is 0 Å². The van der Waals surface area contributed by atoms with Gasteiger partial charge in [0.2, 0.25) is 0 Å². The Balaban J connectivity index is 1.59. The number of nitriles is 1. The zero-order valence-electron chi connectivity index (χ0n) is 11.3. The molecule has 1 fully saturated rings. The summed E-state index contributed by atoms with van der Waals surface area (Å²) in [6.45, 7) is 6.83. The summed E-state index contributed by atoms with van der Waals surface area (Å²) < 4.78 is 5.32. The molecule has 2 rings (SSSR count). The maximum atomic E-state index is 8.83. The minimum absolute atomic E-state index is 0.729. The lowest BCUT2D eigenvalue weighted by Gasteiger charge is -2.26. The molecule has 0 aromatic heterocycles. The minimum Gasteiger partial charge on any atom is -0.379 e. The Morgan fingerprint density at radius 2 is 2.16 bits per heavy atom. The molecule has 19 heavy (non-hydrogen) atoms. The van der Waals surface area contributed by atoms with Gasteiger partial charge in [-0.25, -0.2) is 0 Å². The summed E-state index contributed by atoms with van der Waals surface area (Å²) in [7, 11) is 0. The highest BCUT2D eigenvalue weighted by Crippen LogP contribution is 2.03. The molecule has 1 heterocycles. The monoisotopic (exact) mass is 259 g/mol. The van der Waals surface area contributed by atoms with E-state index >= 15 is 0 Å². The van der Waals surface area contributed by atoms with Crippen molar-refractivity contribution >= 4 is 0 Å². The van der Waals surface area contributed by atoms with Gasteiger partial charge in [0.25, 0.3) is 0 Å². The van der Waals surface area contributed by atoms with Crippen molar-refractivity contribution in [2.45, 2.75) is 13.0 Å². The van der Waals surface area contributed by atoms with Crippen LogP contribution in [0.25, 0.3) is 0 Å². The molecule has 102 valence electrons. The Labute approximate surface area is 115 Å². The molecule has 0 radical (unpaired) electrons. The van der Waals surface area contributed by atoms with E-state index in [2.05, 4.69) is 22.4 Å². The van der Waals surface area contributed by atoms with Crippen molar-refractivity contribution in [1.82, 2.24) is 10.2 Å². The second-order valence-corrected chi connectivity index (χ2v) is 4.80. The molecule has 0 aliphatic carbocycles. The molecule has 1 aliphatic heterocycles. The van der Waals surface area contributed by atoms with E-state index in [0.29, 0.717) is 0 Å². The Morgan fingerprint density at radius 3 is 2.95 bits per heavy atom. The summed E-state index contributed by atoms with van der Waals surface area (Å²) in [6, 6.07) is 9.93. The van der Waals surface area contributed by atoms with Gasteiger partial charge in [0.15, 0.2) is 0 Å². The third-order valence-electron chi connectivity index (χ3n) is 3.32. The summed E-state index contributed by atoms with van der Waals surface area (Å²) >= 11 is 0. The maximum absolute atomic E-state index is 8.83. The quantitative estimate of drug-likeness (QED) is 0.784. The largest absolute Gasteiger partial charge is 0.379 e. The van der Waals surface area contributed by atoms with Crippen LogP contribution in [0.2, 0.25) is 0 Å². The van der Waals surface area contributed by atoms with Crippen LogP contribution in [0.3, 0.4) is 0 Å². The molecule has 4 nitrogen and oxygen atoms in total. The number of morpholine rings is 1. The fraction of sp³-hybridized carbons (Fsp3) is 0.533. The average Bonchev–Trinajstić information content (AvgIpc) is 2.48. The molecule has 1 aromatic carbocycles. The summed E-state index contributed by atoms with van der Waals surface area (Å²) in [5.41, 5.74) is 1.90. The molecule has 0 amide bonds. The first-order chi connectivity index (χ1) is 9.38. The van der Waals surface area contributed by atoms with Crippen LogP contribution in [-0.2, 0) is 11.3 Å². The van der Waals surface area contributed by atoms with Crippen molar-refractivity contribution in [3.05, 3.63) is 35.4 Å². The average molecular weight is 259 g/mol. The van der Waals surface area contributed by atoms with Crippen LogP contribution in [-0.4, -0.2) is 44.3 Å². The molecule has 0 bridgehead atoms. The van der Waals surface area contributed by atoms with E-state index in [4.69, 9.17) is 10.00 Å². The lowest BCUT2D eigenvalue weighted by Crippen LogP contribution is -2.37. The number of hydrogen-bond donors (Lipinski definition) is 1. The van der Waals surface area contributed by atoms with Gasteiger partial charge in [-0.1, -0.05) is 12.1 Å². The lowest BCUT2D eigenvalue weighted by molar-refractivity contribution is 0.0374. The molecule has 0 atom stereocenters. The van der Waals surface area contributed by atoms with E-state index in [1.807, 2.05) is 18.2 Å². The van der Waals surface area contributed by atoms with Gasteiger partial charge < -0.3 is 10.1 Å². The highest BCUT2D eigenvalue weighted by atomic mass is 16.5. The van der Waals surface area contributed by atoms with E-state index in [1.54, 1.807) is 0 Å². The van der Waals surface area contributed by atoms with Crippen LogP contribution in [0.1, 0.15) is 17.5 Å². The van der Waals surface area contributed by atoms with Crippen molar-refractivity contribution in [3.8, 4) is 6.07 Å². The van der Waals surface area contributed by atoms with Gasteiger partial charge in [0, 0.05) is 19.6 Å². The smallest absolute Gasteiger partial charge is 0.0991 e. The molecule has 4 heteroatoms. The Kier molecular flexibility index (Phi) is 5.83. The predicted octanol–water partition coefficient (Wildman–Crippen LogP) is 1.37. The van der Waals surface area contributed by atoms with Gasteiger partial charge in [-0.05, 0) is 37.2 Å². The SMILES string of the molecule is N#Cc1cccc(CNCCCN2CCOCC2)c1. The predicted molar refractivity (Wildman–Crippen MR) is 74.7 cm³/mol. The number of nitrogens with one attached hydrogen (secondary N) is 1. The molecular weight excluding hydrogens is 238 g/mol. The number of ether oxygens (including phenoxy) is 1. The highest BCUT2D eigenvalue weighted by molar-refractivity contribution is 5.32. The highest BCUT2D eigenvalue weighted by Gasteiger charge is 2.08. The molecule has 1 aromatic rings. The van der Waals surface area contributed by atoms with Crippen LogP contribution in [0.4, 0.5) is 0 Å². The van der Waals surface area contributed by atoms with Crippen molar-refractivity contribution in [1.29, 1.82) is 5.26 Å². The third-order valence-corrected chi connectivity index (χ3v) is 3.32.